The minimum atomic E-state index is 0.649. The molecule has 0 aliphatic carbocycles. The Morgan fingerprint density at radius 1 is 1.04 bits per heavy atom. The first kappa shape index (κ1) is 18.4. The second-order valence-electron chi connectivity index (χ2n) is 6.26. The maximum Gasteiger partial charge on any atom is 0.191 e. The van der Waals surface area contributed by atoms with Crippen LogP contribution in [-0.2, 0) is 24.4 Å². The molecule has 0 unspecified atom stereocenters. The monoisotopic (exact) mass is 353 g/mol. The maximum absolute atomic E-state index is 5.44. The van der Waals surface area contributed by atoms with Gasteiger partial charge in [0.1, 0.15) is 0 Å². The molecule has 0 radical (unpaired) electrons. The van der Waals surface area contributed by atoms with Gasteiger partial charge in [0.25, 0.3) is 0 Å². The van der Waals surface area contributed by atoms with Crippen LogP contribution in [0.5, 0.6) is 0 Å². The van der Waals surface area contributed by atoms with E-state index >= 15 is 0 Å². The van der Waals surface area contributed by atoms with E-state index in [9.17, 15) is 0 Å². The lowest BCUT2D eigenvalue weighted by Gasteiger charge is -2.27. The van der Waals surface area contributed by atoms with Gasteiger partial charge >= 0.3 is 0 Å². The molecule has 1 aliphatic rings. The molecule has 26 heavy (non-hydrogen) atoms. The Balaban J connectivity index is 1.54. The quantitative estimate of drug-likeness (QED) is 0.612. The van der Waals surface area contributed by atoms with Gasteiger partial charge in [-0.2, -0.15) is 0 Å². The van der Waals surface area contributed by atoms with Crippen molar-refractivity contribution >= 4 is 5.96 Å². The minimum Gasteiger partial charge on any atom is -0.379 e. The fourth-order valence-corrected chi connectivity index (χ4v) is 2.96. The Kier molecular flexibility index (Phi) is 6.98. The van der Waals surface area contributed by atoms with Crippen molar-refractivity contribution in [1.29, 1.82) is 0 Å². The molecule has 0 atom stereocenters. The largest absolute Gasteiger partial charge is 0.379 e. The van der Waals surface area contributed by atoms with Crippen molar-refractivity contribution in [2.75, 3.05) is 33.4 Å². The van der Waals surface area contributed by atoms with Gasteiger partial charge in [0, 0.05) is 39.4 Å². The highest BCUT2D eigenvalue weighted by atomic mass is 16.5. The van der Waals surface area contributed by atoms with Crippen molar-refractivity contribution in [2.24, 2.45) is 4.99 Å². The molecule has 0 spiro atoms. The van der Waals surface area contributed by atoms with Gasteiger partial charge in [0.05, 0.1) is 25.5 Å². The number of morpholine rings is 1. The number of hydrogen-bond acceptors (Lipinski definition) is 4. The van der Waals surface area contributed by atoms with Crippen LogP contribution in [0, 0.1) is 0 Å². The maximum atomic E-state index is 5.44. The second kappa shape index (κ2) is 9.89. The molecular formula is C20H27N5O. The summed E-state index contributed by atoms with van der Waals surface area (Å²) >= 11 is 0. The summed E-state index contributed by atoms with van der Waals surface area (Å²) in [6.45, 7) is 5.98. The lowest BCUT2D eigenvalue weighted by Crippen LogP contribution is -2.37. The zero-order chi connectivity index (χ0) is 18.0. The summed E-state index contributed by atoms with van der Waals surface area (Å²) in [6, 6.07) is 14.5. The number of nitrogens with zero attached hydrogens (tertiary/aromatic N) is 3. The summed E-state index contributed by atoms with van der Waals surface area (Å²) in [6.07, 6.45) is 1.80. The summed E-state index contributed by atoms with van der Waals surface area (Å²) in [7, 11) is 1.79. The Morgan fingerprint density at radius 3 is 2.50 bits per heavy atom. The number of ether oxygens (including phenoxy) is 1. The Hall–Kier alpha value is -2.44. The number of aromatic nitrogens is 1. The van der Waals surface area contributed by atoms with Crippen molar-refractivity contribution in [3.05, 3.63) is 65.5 Å². The highest BCUT2D eigenvalue weighted by molar-refractivity contribution is 5.79. The topological polar surface area (TPSA) is 61.8 Å². The molecule has 138 valence electrons. The van der Waals surface area contributed by atoms with Gasteiger partial charge in [-0.3, -0.25) is 14.9 Å². The van der Waals surface area contributed by atoms with Gasteiger partial charge in [-0.05, 0) is 23.3 Å². The first-order chi connectivity index (χ1) is 12.8. The zero-order valence-corrected chi connectivity index (χ0v) is 15.3. The third-order valence-corrected chi connectivity index (χ3v) is 4.45. The van der Waals surface area contributed by atoms with E-state index in [2.05, 4.69) is 49.8 Å². The Labute approximate surface area is 155 Å². The van der Waals surface area contributed by atoms with Gasteiger partial charge in [-0.25, -0.2) is 0 Å². The normalized spacial score (nSPS) is 15.7. The highest BCUT2D eigenvalue weighted by Gasteiger charge is 2.12. The van der Waals surface area contributed by atoms with Gasteiger partial charge in [0.15, 0.2) is 5.96 Å². The van der Waals surface area contributed by atoms with Crippen LogP contribution >= 0.6 is 0 Å². The van der Waals surface area contributed by atoms with Gasteiger partial charge < -0.3 is 15.4 Å². The van der Waals surface area contributed by atoms with Crippen LogP contribution in [0.2, 0.25) is 0 Å². The van der Waals surface area contributed by atoms with Crippen molar-refractivity contribution in [1.82, 2.24) is 20.5 Å². The number of pyridine rings is 1. The smallest absolute Gasteiger partial charge is 0.191 e. The van der Waals surface area contributed by atoms with Gasteiger partial charge in [0.2, 0.25) is 0 Å². The molecule has 1 saturated heterocycles. The summed E-state index contributed by atoms with van der Waals surface area (Å²) in [5, 5.41) is 6.71. The van der Waals surface area contributed by atoms with Crippen molar-refractivity contribution in [3.8, 4) is 0 Å². The molecule has 0 bridgehead atoms. The number of nitrogens with one attached hydrogen (secondary N) is 2. The first-order valence-electron chi connectivity index (χ1n) is 9.06. The van der Waals surface area contributed by atoms with Crippen molar-refractivity contribution < 1.29 is 4.74 Å². The van der Waals surface area contributed by atoms with E-state index in [4.69, 9.17) is 4.74 Å². The van der Waals surface area contributed by atoms with Crippen molar-refractivity contribution in [3.63, 3.8) is 0 Å². The van der Waals surface area contributed by atoms with E-state index in [1.807, 2.05) is 18.2 Å². The number of aliphatic imine (C=N–C) groups is 1. The Morgan fingerprint density at radius 2 is 1.77 bits per heavy atom. The average Bonchev–Trinajstić information content (AvgIpc) is 2.71. The summed E-state index contributed by atoms with van der Waals surface area (Å²) in [4.78, 5) is 11.1. The van der Waals surface area contributed by atoms with E-state index < -0.39 is 0 Å². The molecule has 1 aromatic carbocycles. The van der Waals surface area contributed by atoms with Crippen LogP contribution < -0.4 is 10.6 Å². The third-order valence-electron chi connectivity index (χ3n) is 4.45. The molecule has 6 heteroatoms. The van der Waals surface area contributed by atoms with Crippen LogP contribution in [0.1, 0.15) is 16.8 Å². The SMILES string of the molecule is CN=C(NCc1ccccn1)NCc1ccccc1CN1CCOCC1. The van der Waals surface area contributed by atoms with Gasteiger partial charge in [-0.15, -0.1) is 0 Å². The van der Waals surface area contributed by atoms with Crippen LogP contribution in [-0.4, -0.2) is 49.2 Å². The third kappa shape index (κ3) is 5.54. The summed E-state index contributed by atoms with van der Waals surface area (Å²) in [5.41, 5.74) is 3.63. The van der Waals surface area contributed by atoms with E-state index in [1.54, 1.807) is 13.2 Å². The fraction of sp³-hybridized carbons (Fsp3) is 0.400. The summed E-state index contributed by atoms with van der Waals surface area (Å²) in [5.74, 6) is 0.775. The predicted octanol–water partition coefficient (Wildman–Crippen LogP) is 1.78. The van der Waals surface area contributed by atoms with E-state index in [-0.39, 0.29) is 0 Å². The lowest BCUT2D eigenvalue weighted by molar-refractivity contribution is 0.0341. The molecular weight excluding hydrogens is 326 g/mol. The molecule has 0 saturated carbocycles. The van der Waals surface area contributed by atoms with Crippen LogP contribution in [0.3, 0.4) is 0 Å². The minimum absolute atomic E-state index is 0.649. The molecule has 1 aliphatic heterocycles. The average molecular weight is 353 g/mol. The standard InChI is InChI=1S/C20H27N5O/c1-21-20(24-15-19-8-4-5-9-22-19)23-14-17-6-2-3-7-18(17)16-25-10-12-26-13-11-25/h2-9H,10-16H2,1H3,(H2,21,23,24). The first-order valence-corrected chi connectivity index (χ1v) is 9.06. The summed E-state index contributed by atoms with van der Waals surface area (Å²) < 4.78 is 5.44. The van der Waals surface area contributed by atoms with E-state index in [0.29, 0.717) is 6.54 Å². The fourth-order valence-electron chi connectivity index (χ4n) is 2.96. The van der Waals surface area contributed by atoms with Crippen molar-refractivity contribution in [2.45, 2.75) is 19.6 Å². The van der Waals surface area contributed by atoms with Gasteiger partial charge in [-0.1, -0.05) is 30.3 Å². The molecule has 1 fully saturated rings. The number of benzene rings is 1. The van der Waals surface area contributed by atoms with Crippen LogP contribution in [0.4, 0.5) is 0 Å². The number of guanidine groups is 1. The molecule has 2 heterocycles. The Bertz CT molecular complexity index is 698. The predicted molar refractivity (Wildman–Crippen MR) is 104 cm³/mol. The number of rotatable bonds is 6. The number of hydrogen-bond donors (Lipinski definition) is 2. The van der Waals surface area contributed by atoms with E-state index in [1.165, 1.54) is 11.1 Å². The van der Waals surface area contributed by atoms with Crippen LogP contribution in [0.15, 0.2) is 53.7 Å². The molecule has 1 aromatic heterocycles. The molecule has 2 N–H and O–H groups in total. The van der Waals surface area contributed by atoms with Crippen LogP contribution in [0.25, 0.3) is 0 Å². The molecule has 3 rings (SSSR count). The zero-order valence-electron chi connectivity index (χ0n) is 15.3. The lowest BCUT2D eigenvalue weighted by atomic mass is 10.1. The van der Waals surface area contributed by atoms with E-state index in [0.717, 1.165) is 51.0 Å². The molecule has 2 aromatic rings. The highest BCUT2D eigenvalue weighted by Crippen LogP contribution is 2.13. The molecule has 6 nitrogen and oxygen atoms in total. The second-order valence-corrected chi connectivity index (χ2v) is 6.26. The molecule has 0 amide bonds.